The van der Waals surface area contributed by atoms with E-state index in [4.69, 9.17) is 16.6 Å². The average molecular weight is 545 g/mol. The monoisotopic (exact) mass is 544 g/mol. The summed E-state index contributed by atoms with van der Waals surface area (Å²) in [5, 5.41) is 16.4. The first kappa shape index (κ1) is 23.1. The lowest BCUT2D eigenvalue weighted by Crippen LogP contribution is -2.44. The molecular weight excluding hydrogens is 515 g/mol. The maximum Gasteiger partial charge on any atom is 0.191 e. The molecule has 0 aromatic carbocycles. The van der Waals surface area contributed by atoms with Crippen molar-refractivity contribution in [2.75, 3.05) is 24.5 Å². The molecule has 1 unspecified atom stereocenters. The summed E-state index contributed by atoms with van der Waals surface area (Å²) in [5.41, 5.74) is 0. The van der Waals surface area contributed by atoms with Crippen molar-refractivity contribution in [2.24, 2.45) is 4.99 Å². The molecule has 0 radical (unpaired) electrons. The second kappa shape index (κ2) is 11.1. The van der Waals surface area contributed by atoms with Gasteiger partial charge in [-0.1, -0.05) is 18.0 Å². The fourth-order valence-corrected chi connectivity index (χ4v) is 4.25. The van der Waals surface area contributed by atoms with E-state index in [1.54, 1.807) is 6.20 Å². The van der Waals surface area contributed by atoms with Gasteiger partial charge in [0.05, 0.1) is 5.02 Å². The SMILES string of the molecule is CCNC(=NCc1nnc2n1CCCCC2)NC1CCN(c2ncccc2Cl)C1.I. The minimum Gasteiger partial charge on any atom is -0.357 e. The number of fused-ring (bicyclic) bond motifs is 1. The Hall–Kier alpha value is -1.62. The number of nitrogens with one attached hydrogen (secondary N) is 2. The van der Waals surface area contributed by atoms with Crippen LogP contribution in [0, 0.1) is 0 Å². The maximum absolute atomic E-state index is 6.31. The van der Waals surface area contributed by atoms with Crippen LogP contribution in [0.25, 0.3) is 0 Å². The predicted molar refractivity (Wildman–Crippen MR) is 131 cm³/mol. The van der Waals surface area contributed by atoms with Gasteiger partial charge in [0.25, 0.3) is 0 Å². The van der Waals surface area contributed by atoms with Gasteiger partial charge in [-0.3, -0.25) is 0 Å². The standard InChI is InChI=1S/C20H29ClN8.HI/c1-2-22-20(24-13-18-27-26-17-8-4-3-5-11-29(17)18)25-15-9-12-28(14-15)19-16(21)7-6-10-23-19;/h6-7,10,15H,2-5,8-9,11-14H2,1H3,(H2,22,24,25);1H. The van der Waals surface area contributed by atoms with E-state index in [0.29, 0.717) is 17.6 Å². The van der Waals surface area contributed by atoms with Gasteiger partial charge in [0.2, 0.25) is 0 Å². The molecule has 2 N–H and O–H groups in total. The highest BCUT2D eigenvalue weighted by molar-refractivity contribution is 14.0. The van der Waals surface area contributed by atoms with Crippen LogP contribution in [0.1, 0.15) is 44.3 Å². The summed E-state index contributed by atoms with van der Waals surface area (Å²) in [6.45, 7) is 6.19. The highest BCUT2D eigenvalue weighted by Crippen LogP contribution is 2.25. The molecule has 4 rings (SSSR count). The number of halogens is 2. The third-order valence-corrected chi connectivity index (χ3v) is 5.77. The lowest BCUT2D eigenvalue weighted by Gasteiger charge is -2.20. The zero-order chi connectivity index (χ0) is 20.1. The van der Waals surface area contributed by atoms with Crippen LogP contribution in [0.5, 0.6) is 0 Å². The molecule has 0 amide bonds. The molecule has 0 saturated carbocycles. The summed E-state index contributed by atoms with van der Waals surface area (Å²) in [4.78, 5) is 11.4. The Bertz CT molecular complexity index is 855. The number of aliphatic imine (C=N–C) groups is 1. The van der Waals surface area contributed by atoms with Crippen molar-refractivity contribution in [3.05, 3.63) is 35.0 Å². The van der Waals surface area contributed by atoms with Gasteiger partial charge < -0.3 is 20.1 Å². The van der Waals surface area contributed by atoms with Gasteiger partial charge in [-0.15, -0.1) is 34.2 Å². The fraction of sp³-hybridized carbons (Fsp3) is 0.600. The third-order valence-electron chi connectivity index (χ3n) is 5.48. The molecule has 10 heteroatoms. The van der Waals surface area contributed by atoms with Gasteiger partial charge in [-0.2, -0.15) is 0 Å². The number of aryl methyl sites for hydroxylation is 1. The highest BCUT2D eigenvalue weighted by atomic mass is 127. The average Bonchev–Trinajstić information content (AvgIpc) is 3.27. The minimum atomic E-state index is 0. The van der Waals surface area contributed by atoms with Gasteiger partial charge in [0.1, 0.15) is 18.2 Å². The number of anilines is 1. The molecule has 1 atom stereocenters. The van der Waals surface area contributed by atoms with Gasteiger partial charge in [-0.05, 0) is 38.3 Å². The molecule has 2 aliphatic rings. The van der Waals surface area contributed by atoms with Gasteiger partial charge in [-0.25, -0.2) is 9.98 Å². The number of guanidine groups is 1. The number of hydrogen-bond donors (Lipinski definition) is 2. The Morgan fingerprint density at radius 1 is 1.27 bits per heavy atom. The number of aromatic nitrogens is 4. The quantitative estimate of drug-likeness (QED) is 0.342. The van der Waals surface area contributed by atoms with Crippen LogP contribution in [0.15, 0.2) is 23.3 Å². The van der Waals surface area contributed by atoms with Crippen molar-refractivity contribution >= 4 is 47.4 Å². The van der Waals surface area contributed by atoms with Crippen LogP contribution in [0.3, 0.4) is 0 Å². The van der Waals surface area contributed by atoms with Gasteiger partial charge in [0.15, 0.2) is 11.8 Å². The van der Waals surface area contributed by atoms with Crippen molar-refractivity contribution in [3.8, 4) is 0 Å². The third kappa shape index (κ3) is 5.54. The Balaban J connectivity index is 0.00000256. The summed E-state index contributed by atoms with van der Waals surface area (Å²) in [7, 11) is 0. The zero-order valence-electron chi connectivity index (χ0n) is 17.3. The summed E-state index contributed by atoms with van der Waals surface area (Å²) >= 11 is 6.31. The largest absolute Gasteiger partial charge is 0.357 e. The summed E-state index contributed by atoms with van der Waals surface area (Å²) in [6.07, 6.45) is 7.46. The Morgan fingerprint density at radius 3 is 3.00 bits per heavy atom. The number of nitrogens with zero attached hydrogens (tertiary/aromatic N) is 6. The molecule has 2 aliphatic heterocycles. The van der Waals surface area contributed by atoms with Crippen LogP contribution in [-0.4, -0.2) is 51.4 Å². The van der Waals surface area contributed by atoms with Crippen molar-refractivity contribution < 1.29 is 0 Å². The fourth-order valence-electron chi connectivity index (χ4n) is 4.01. The number of hydrogen-bond acceptors (Lipinski definition) is 5. The van der Waals surface area contributed by atoms with E-state index in [1.807, 2.05) is 12.1 Å². The summed E-state index contributed by atoms with van der Waals surface area (Å²) in [5.74, 6) is 3.72. The molecule has 0 bridgehead atoms. The minimum absolute atomic E-state index is 0. The van der Waals surface area contributed by atoms with E-state index in [9.17, 15) is 0 Å². The van der Waals surface area contributed by atoms with Crippen LogP contribution >= 0.6 is 35.6 Å². The first-order valence-electron chi connectivity index (χ1n) is 10.6. The highest BCUT2D eigenvalue weighted by Gasteiger charge is 2.25. The lowest BCUT2D eigenvalue weighted by molar-refractivity contribution is 0.603. The lowest BCUT2D eigenvalue weighted by atomic mass is 10.2. The normalized spacial score (nSPS) is 19.1. The van der Waals surface area contributed by atoms with E-state index >= 15 is 0 Å². The maximum atomic E-state index is 6.31. The second-order valence-corrected chi connectivity index (χ2v) is 7.98. The number of pyridine rings is 1. The van der Waals surface area contributed by atoms with E-state index < -0.39 is 0 Å². The molecular formula is C20H30ClIN8. The molecule has 0 spiro atoms. The van der Waals surface area contributed by atoms with Crippen LogP contribution < -0.4 is 15.5 Å². The molecule has 1 fully saturated rings. The van der Waals surface area contributed by atoms with Crippen molar-refractivity contribution in [3.63, 3.8) is 0 Å². The molecule has 2 aromatic heterocycles. The summed E-state index contributed by atoms with van der Waals surface area (Å²) in [6, 6.07) is 4.04. The Kier molecular flexibility index (Phi) is 8.55. The molecule has 30 heavy (non-hydrogen) atoms. The first-order chi connectivity index (χ1) is 14.2. The van der Waals surface area contributed by atoms with Crippen LogP contribution in [0.2, 0.25) is 5.02 Å². The smallest absolute Gasteiger partial charge is 0.191 e. The van der Waals surface area contributed by atoms with Crippen molar-refractivity contribution in [1.29, 1.82) is 0 Å². The van der Waals surface area contributed by atoms with E-state index in [0.717, 1.165) is 62.4 Å². The Labute approximate surface area is 199 Å². The predicted octanol–water partition coefficient (Wildman–Crippen LogP) is 3.00. The number of rotatable bonds is 5. The molecule has 1 saturated heterocycles. The molecule has 164 valence electrons. The van der Waals surface area contributed by atoms with E-state index in [-0.39, 0.29) is 24.0 Å². The molecule has 2 aromatic rings. The van der Waals surface area contributed by atoms with Crippen molar-refractivity contribution in [2.45, 2.75) is 58.2 Å². The van der Waals surface area contributed by atoms with Gasteiger partial charge in [0, 0.05) is 44.8 Å². The Morgan fingerprint density at radius 2 is 2.17 bits per heavy atom. The van der Waals surface area contributed by atoms with E-state index in [2.05, 4.69) is 42.2 Å². The molecule has 4 heterocycles. The summed E-state index contributed by atoms with van der Waals surface area (Å²) < 4.78 is 2.25. The first-order valence-corrected chi connectivity index (χ1v) is 10.9. The second-order valence-electron chi connectivity index (χ2n) is 7.57. The van der Waals surface area contributed by atoms with Crippen molar-refractivity contribution in [1.82, 2.24) is 30.4 Å². The topological polar surface area (TPSA) is 83.3 Å². The van der Waals surface area contributed by atoms with Crippen LogP contribution in [-0.2, 0) is 19.5 Å². The molecule has 8 nitrogen and oxygen atoms in total. The van der Waals surface area contributed by atoms with E-state index in [1.165, 1.54) is 19.3 Å². The van der Waals surface area contributed by atoms with Crippen LogP contribution in [0.4, 0.5) is 5.82 Å². The zero-order valence-corrected chi connectivity index (χ0v) is 20.4. The molecule has 0 aliphatic carbocycles. The van der Waals surface area contributed by atoms with Gasteiger partial charge >= 0.3 is 0 Å².